The lowest BCUT2D eigenvalue weighted by Gasteiger charge is -2.33. The van der Waals surface area contributed by atoms with Crippen molar-refractivity contribution in [3.8, 4) is 0 Å². The van der Waals surface area contributed by atoms with Crippen molar-refractivity contribution in [2.24, 2.45) is 0 Å². The number of hydrogen-bond donors (Lipinski definition) is 1. The number of quaternary nitrogens is 1. The van der Waals surface area contributed by atoms with Gasteiger partial charge in [0.05, 0.1) is 42.8 Å². The monoisotopic (exact) mass is 356 g/mol. The Morgan fingerprint density at radius 1 is 1.15 bits per heavy atom. The van der Waals surface area contributed by atoms with Gasteiger partial charge in [0, 0.05) is 23.2 Å². The van der Waals surface area contributed by atoms with Crippen LogP contribution in [0.3, 0.4) is 0 Å². The number of piperazine rings is 1. The molecule has 0 saturated carbocycles. The summed E-state index contributed by atoms with van der Waals surface area (Å²) in [6.45, 7) is 4.41. The van der Waals surface area contributed by atoms with Crippen LogP contribution in [0.2, 0.25) is 0 Å². The Hall–Kier alpha value is -3.00. The van der Waals surface area contributed by atoms with E-state index in [1.54, 1.807) is 18.3 Å². The zero-order chi connectivity index (χ0) is 18.1. The molecule has 7 nitrogen and oxygen atoms in total. The fourth-order valence-electron chi connectivity index (χ4n) is 3.42. The highest BCUT2D eigenvalue weighted by Gasteiger charge is 2.21. The maximum absolute atomic E-state index is 13.1. The Kier molecular flexibility index (Phi) is 4.26. The summed E-state index contributed by atoms with van der Waals surface area (Å²) in [4.78, 5) is 14.1. The summed E-state index contributed by atoms with van der Waals surface area (Å²) in [6, 6.07) is 11.4. The van der Waals surface area contributed by atoms with E-state index >= 15 is 0 Å². The molecule has 134 valence electrons. The minimum Gasteiger partial charge on any atom is -0.360 e. The van der Waals surface area contributed by atoms with Crippen LogP contribution in [-0.4, -0.2) is 40.9 Å². The molecule has 0 atom stereocenters. The highest BCUT2D eigenvalue weighted by molar-refractivity contribution is 5.81. The van der Waals surface area contributed by atoms with Gasteiger partial charge in [0.25, 0.3) is 5.69 Å². The molecule has 0 aliphatic carbocycles. The van der Waals surface area contributed by atoms with Crippen LogP contribution in [0.15, 0.2) is 48.7 Å². The van der Waals surface area contributed by atoms with Gasteiger partial charge in [0.15, 0.2) is 6.67 Å². The fraction of sp³-hybridized carbons (Fsp3) is 0.278. The molecule has 1 aliphatic rings. The predicted molar refractivity (Wildman–Crippen MR) is 95.7 cm³/mol. The molecule has 0 radical (unpaired) electrons. The van der Waals surface area contributed by atoms with Crippen LogP contribution in [0.4, 0.5) is 15.8 Å². The van der Waals surface area contributed by atoms with Gasteiger partial charge in [-0.05, 0) is 30.3 Å². The van der Waals surface area contributed by atoms with E-state index in [1.807, 2.05) is 16.8 Å². The number of non-ortho nitro benzene ring substituents is 1. The van der Waals surface area contributed by atoms with Gasteiger partial charge in [-0.25, -0.2) is 9.07 Å². The topological polar surface area (TPSA) is 68.6 Å². The van der Waals surface area contributed by atoms with Gasteiger partial charge in [-0.3, -0.25) is 10.1 Å². The van der Waals surface area contributed by atoms with Crippen LogP contribution >= 0.6 is 0 Å². The van der Waals surface area contributed by atoms with Crippen molar-refractivity contribution in [1.29, 1.82) is 0 Å². The number of halogens is 1. The molecule has 1 N–H and O–H groups in total. The SMILES string of the molecule is O=[N+]([O-])c1ccc2c(cnn2C[NH+]2CCN(c3ccc(F)cc3)CC2)c1. The number of nitrogens with one attached hydrogen (secondary N) is 1. The Labute approximate surface area is 149 Å². The Bertz CT molecular complexity index is 932. The van der Waals surface area contributed by atoms with Crippen LogP contribution in [0, 0.1) is 15.9 Å². The van der Waals surface area contributed by atoms with E-state index in [-0.39, 0.29) is 11.5 Å². The molecule has 4 rings (SSSR count). The summed E-state index contributed by atoms with van der Waals surface area (Å²) in [5, 5.41) is 16.1. The summed E-state index contributed by atoms with van der Waals surface area (Å²) < 4.78 is 15.0. The van der Waals surface area contributed by atoms with Crippen molar-refractivity contribution in [1.82, 2.24) is 9.78 Å². The lowest BCUT2D eigenvalue weighted by Crippen LogP contribution is -3.14. The molecule has 2 aromatic carbocycles. The lowest BCUT2D eigenvalue weighted by molar-refractivity contribution is -0.923. The van der Waals surface area contributed by atoms with E-state index in [0.717, 1.165) is 49.4 Å². The minimum atomic E-state index is -0.392. The molecule has 3 aromatic rings. The number of anilines is 1. The number of aromatic nitrogens is 2. The summed E-state index contributed by atoms with van der Waals surface area (Å²) in [6.07, 6.45) is 1.68. The first-order valence-electron chi connectivity index (χ1n) is 8.54. The summed E-state index contributed by atoms with van der Waals surface area (Å²) in [7, 11) is 0. The zero-order valence-electron chi connectivity index (χ0n) is 14.1. The summed E-state index contributed by atoms with van der Waals surface area (Å²) in [5.41, 5.74) is 2.03. The van der Waals surface area contributed by atoms with Crippen molar-refractivity contribution in [2.45, 2.75) is 6.67 Å². The van der Waals surface area contributed by atoms with Gasteiger partial charge in [0.2, 0.25) is 0 Å². The second kappa shape index (κ2) is 6.72. The summed E-state index contributed by atoms with van der Waals surface area (Å²) in [5.74, 6) is -0.219. The third kappa shape index (κ3) is 3.23. The van der Waals surface area contributed by atoms with E-state index in [4.69, 9.17) is 0 Å². The smallest absolute Gasteiger partial charge is 0.270 e. The third-order valence-electron chi connectivity index (χ3n) is 4.87. The van der Waals surface area contributed by atoms with Crippen LogP contribution in [0.1, 0.15) is 0 Å². The molecule has 1 saturated heterocycles. The van der Waals surface area contributed by atoms with Gasteiger partial charge < -0.3 is 9.80 Å². The Morgan fingerprint density at radius 3 is 2.58 bits per heavy atom. The number of rotatable bonds is 4. The average molecular weight is 356 g/mol. The number of nitrogens with zero attached hydrogens (tertiary/aromatic N) is 4. The first-order valence-corrected chi connectivity index (χ1v) is 8.54. The number of benzene rings is 2. The van der Waals surface area contributed by atoms with Gasteiger partial charge in [-0.1, -0.05) is 0 Å². The second-order valence-electron chi connectivity index (χ2n) is 6.52. The van der Waals surface area contributed by atoms with E-state index in [1.165, 1.54) is 23.1 Å². The number of nitro groups is 1. The van der Waals surface area contributed by atoms with E-state index in [2.05, 4.69) is 10.00 Å². The summed E-state index contributed by atoms with van der Waals surface area (Å²) >= 11 is 0. The van der Waals surface area contributed by atoms with E-state index < -0.39 is 4.92 Å². The average Bonchev–Trinajstić information content (AvgIpc) is 3.05. The maximum Gasteiger partial charge on any atom is 0.270 e. The first kappa shape index (κ1) is 16.5. The second-order valence-corrected chi connectivity index (χ2v) is 6.52. The quantitative estimate of drug-likeness (QED) is 0.567. The molecular weight excluding hydrogens is 337 g/mol. The number of hydrogen-bond acceptors (Lipinski definition) is 4. The lowest BCUT2D eigenvalue weighted by atomic mass is 10.2. The highest BCUT2D eigenvalue weighted by atomic mass is 19.1. The van der Waals surface area contributed by atoms with Crippen molar-refractivity contribution in [2.75, 3.05) is 31.1 Å². The van der Waals surface area contributed by atoms with Crippen molar-refractivity contribution in [3.63, 3.8) is 0 Å². The number of fused-ring (bicyclic) bond motifs is 1. The molecule has 2 heterocycles. The molecule has 0 amide bonds. The van der Waals surface area contributed by atoms with Crippen LogP contribution in [0.25, 0.3) is 10.9 Å². The fourth-order valence-corrected chi connectivity index (χ4v) is 3.42. The molecule has 1 fully saturated rings. The molecule has 8 heteroatoms. The van der Waals surface area contributed by atoms with Crippen LogP contribution in [-0.2, 0) is 6.67 Å². The standard InChI is InChI=1S/C18H18FN5O2/c19-15-1-3-16(4-2-15)22-9-7-21(8-10-22)13-23-18-6-5-17(24(25)26)11-14(18)12-20-23/h1-6,11-12H,7-10,13H2/p+1. The Morgan fingerprint density at radius 2 is 1.88 bits per heavy atom. The van der Waals surface area contributed by atoms with Gasteiger partial charge >= 0.3 is 0 Å². The van der Waals surface area contributed by atoms with Crippen LogP contribution < -0.4 is 9.80 Å². The molecule has 1 aliphatic heterocycles. The van der Waals surface area contributed by atoms with Crippen molar-refractivity contribution >= 4 is 22.3 Å². The van der Waals surface area contributed by atoms with E-state index in [0.29, 0.717) is 0 Å². The Balaban J connectivity index is 1.42. The van der Waals surface area contributed by atoms with Crippen molar-refractivity contribution in [3.05, 3.63) is 64.6 Å². The van der Waals surface area contributed by atoms with Gasteiger partial charge in [-0.2, -0.15) is 5.10 Å². The third-order valence-corrected chi connectivity index (χ3v) is 4.87. The maximum atomic E-state index is 13.1. The normalized spacial score (nSPS) is 15.5. The molecule has 0 spiro atoms. The largest absolute Gasteiger partial charge is 0.360 e. The molecule has 0 unspecified atom stereocenters. The number of nitro benzene ring substituents is 1. The van der Waals surface area contributed by atoms with Crippen LogP contribution in [0.5, 0.6) is 0 Å². The first-order chi connectivity index (χ1) is 12.6. The minimum absolute atomic E-state index is 0.0808. The predicted octanol–water partition coefficient (Wildman–Crippen LogP) is 1.45. The molecule has 0 bridgehead atoms. The highest BCUT2D eigenvalue weighted by Crippen LogP contribution is 2.20. The zero-order valence-corrected chi connectivity index (χ0v) is 14.1. The molecule has 26 heavy (non-hydrogen) atoms. The molecular formula is C18H19FN5O2+. The molecule has 1 aromatic heterocycles. The van der Waals surface area contributed by atoms with Gasteiger partial charge in [-0.15, -0.1) is 0 Å². The van der Waals surface area contributed by atoms with Crippen molar-refractivity contribution < 1.29 is 14.2 Å². The van der Waals surface area contributed by atoms with Gasteiger partial charge in [0.1, 0.15) is 5.82 Å². The van der Waals surface area contributed by atoms with E-state index in [9.17, 15) is 14.5 Å².